The fourth-order valence-electron chi connectivity index (χ4n) is 1.71. The number of hydrogen-bond donors (Lipinski definition) is 1. The molecule has 0 radical (unpaired) electrons. The quantitative estimate of drug-likeness (QED) is 0.870. The molecular formula is C12H14N4O. The van der Waals surface area contributed by atoms with Crippen LogP contribution in [0.4, 0.5) is 5.69 Å². The van der Waals surface area contributed by atoms with E-state index < -0.39 is 0 Å². The molecule has 1 aromatic carbocycles. The van der Waals surface area contributed by atoms with E-state index in [0.717, 1.165) is 16.8 Å². The third kappa shape index (κ3) is 3.14. The summed E-state index contributed by atoms with van der Waals surface area (Å²) >= 11 is 0. The van der Waals surface area contributed by atoms with Gasteiger partial charge in [0.1, 0.15) is 19.2 Å². The molecule has 17 heavy (non-hydrogen) atoms. The largest absolute Gasteiger partial charge is 0.324 e. The standard InChI is InChI=1S/C12H14N4O/c1-9-3-10(2)5-11(4-9)15-12(17)6-16-8-13-7-14-16/h3-5,7-8H,6H2,1-2H3,(H,15,17). The average Bonchev–Trinajstić information content (AvgIpc) is 2.67. The number of anilines is 1. The van der Waals surface area contributed by atoms with Gasteiger partial charge in [-0.2, -0.15) is 5.10 Å². The number of amides is 1. The van der Waals surface area contributed by atoms with Gasteiger partial charge in [-0.3, -0.25) is 4.79 Å². The molecule has 1 aromatic heterocycles. The van der Waals surface area contributed by atoms with Crippen LogP contribution in [0.1, 0.15) is 11.1 Å². The first-order valence-corrected chi connectivity index (χ1v) is 5.34. The Bertz CT molecular complexity index is 499. The van der Waals surface area contributed by atoms with Crippen LogP contribution in [-0.4, -0.2) is 20.7 Å². The molecular weight excluding hydrogens is 216 g/mol. The Kier molecular flexibility index (Phi) is 3.18. The summed E-state index contributed by atoms with van der Waals surface area (Å²) in [6, 6.07) is 5.94. The van der Waals surface area contributed by atoms with Gasteiger partial charge in [0.25, 0.3) is 0 Å². The monoisotopic (exact) mass is 230 g/mol. The Labute approximate surface area is 99.5 Å². The van der Waals surface area contributed by atoms with Gasteiger partial charge in [-0.15, -0.1) is 0 Å². The summed E-state index contributed by atoms with van der Waals surface area (Å²) < 4.78 is 1.48. The highest BCUT2D eigenvalue weighted by Gasteiger charge is 2.04. The van der Waals surface area contributed by atoms with Crippen LogP contribution < -0.4 is 5.32 Å². The fraction of sp³-hybridized carbons (Fsp3) is 0.250. The Morgan fingerprint density at radius 2 is 2.00 bits per heavy atom. The van der Waals surface area contributed by atoms with E-state index >= 15 is 0 Å². The number of carbonyl (C=O) groups is 1. The van der Waals surface area contributed by atoms with Crippen molar-refractivity contribution in [3.8, 4) is 0 Å². The molecule has 0 spiro atoms. The molecule has 0 saturated heterocycles. The molecule has 1 heterocycles. The number of hydrogen-bond acceptors (Lipinski definition) is 3. The van der Waals surface area contributed by atoms with Gasteiger partial charge >= 0.3 is 0 Å². The average molecular weight is 230 g/mol. The van der Waals surface area contributed by atoms with E-state index in [0.29, 0.717) is 0 Å². The number of nitrogens with one attached hydrogen (secondary N) is 1. The van der Waals surface area contributed by atoms with Gasteiger partial charge in [0.15, 0.2) is 0 Å². The Morgan fingerprint density at radius 3 is 2.59 bits per heavy atom. The number of aryl methyl sites for hydroxylation is 2. The van der Waals surface area contributed by atoms with Crippen LogP contribution >= 0.6 is 0 Å². The van der Waals surface area contributed by atoms with Crippen LogP contribution in [0.15, 0.2) is 30.9 Å². The normalized spacial score (nSPS) is 10.2. The van der Waals surface area contributed by atoms with Crippen LogP contribution in [-0.2, 0) is 11.3 Å². The zero-order chi connectivity index (χ0) is 12.3. The van der Waals surface area contributed by atoms with E-state index in [1.54, 1.807) is 0 Å². The van der Waals surface area contributed by atoms with E-state index in [2.05, 4.69) is 21.5 Å². The summed E-state index contributed by atoms with van der Waals surface area (Å²) in [6.45, 7) is 4.17. The highest BCUT2D eigenvalue weighted by atomic mass is 16.2. The molecule has 5 nitrogen and oxygen atoms in total. The SMILES string of the molecule is Cc1cc(C)cc(NC(=O)Cn2cncn2)c1. The number of nitrogens with zero attached hydrogens (tertiary/aromatic N) is 3. The van der Waals surface area contributed by atoms with Crippen molar-refractivity contribution in [2.75, 3.05) is 5.32 Å². The third-order valence-corrected chi connectivity index (χ3v) is 2.28. The Hall–Kier alpha value is -2.17. The number of rotatable bonds is 3. The minimum Gasteiger partial charge on any atom is -0.324 e. The lowest BCUT2D eigenvalue weighted by atomic mass is 10.1. The van der Waals surface area contributed by atoms with Crippen LogP contribution in [0.3, 0.4) is 0 Å². The minimum absolute atomic E-state index is 0.111. The molecule has 88 valence electrons. The minimum atomic E-state index is -0.111. The van der Waals surface area contributed by atoms with Crippen molar-refractivity contribution in [3.63, 3.8) is 0 Å². The van der Waals surface area contributed by atoms with Gasteiger partial charge in [0.2, 0.25) is 5.91 Å². The molecule has 0 unspecified atom stereocenters. The Balaban J connectivity index is 2.03. The molecule has 0 aliphatic heterocycles. The summed E-state index contributed by atoms with van der Waals surface area (Å²) in [4.78, 5) is 15.5. The number of benzene rings is 1. The highest BCUT2D eigenvalue weighted by molar-refractivity contribution is 5.90. The van der Waals surface area contributed by atoms with Gasteiger partial charge in [0, 0.05) is 5.69 Å². The summed E-state index contributed by atoms with van der Waals surface area (Å²) in [5, 5.41) is 6.71. The molecule has 0 aliphatic carbocycles. The highest BCUT2D eigenvalue weighted by Crippen LogP contribution is 2.13. The maximum Gasteiger partial charge on any atom is 0.246 e. The summed E-state index contributed by atoms with van der Waals surface area (Å²) in [7, 11) is 0. The van der Waals surface area contributed by atoms with Crippen molar-refractivity contribution in [2.45, 2.75) is 20.4 Å². The predicted octanol–water partition coefficient (Wildman–Crippen LogP) is 1.53. The topological polar surface area (TPSA) is 59.8 Å². The molecule has 1 N–H and O–H groups in total. The smallest absolute Gasteiger partial charge is 0.246 e. The van der Waals surface area contributed by atoms with Gasteiger partial charge in [-0.1, -0.05) is 6.07 Å². The second kappa shape index (κ2) is 4.78. The van der Waals surface area contributed by atoms with Crippen molar-refractivity contribution in [1.29, 1.82) is 0 Å². The van der Waals surface area contributed by atoms with Crippen LogP contribution in [0.2, 0.25) is 0 Å². The second-order valence-corrected chi connectivity index (χ2v) is 4.02. The maximum absolute atomic E-state index is 11.7. The molecule has 2 aromatic rings. The van der Waals surface area contributed by atoms with Gasteiger partial charge in [-0.05, 0) is 37.1 Å². The van der Waals surface area contributed by atoms with E-state index in [1.165, 1.54) is 17.3 Å². The molecule has 2 rings (SSSR count). The van der Waals surface area contributed by atoms with Gasteiger partial charge < -0.3 is 5.32 Å². The van der Waals surface area contributed by atoms with Crippen LogP contribution in [0.25, 0.3) is 0 Å². The van der Waals surface area contributed by atoms with Crippen LogP contribution in [0.5, 0.6) is 0 Å². The first-order valence-electron chi connectivity index (χ1n) is 5.34. The number of aromatic nitrogens is 3. The van der Waals surface area contributed by atoms with Crippen molar-refractivity contribution in [1.82, 2.24) is 14.8 Å². The van der Waals surface area contributed by atoms with Crippen molar-refractivity contribution >= 4 is 11.6 Å². The van der Waals surface area contributed by atoms with E-state index in [-0.39, 0.29) is 12.5 Å². The van der Waals surface area contributed by atoms with Crippen molar-refractivity contribution < 1.29 is 4.79 Å². The van der Waals surface area contributed by atoms with Crippen LogP contribution in [0, 0.1) is 13.8 Å². The summed E-state index contributed by atoms with van der Waals surface area (Å²) in [6.07, 6.45) is 2.92. The molecule has 0 aliphatic rings. The fourth-order valence-corrected chi connectivity index (χ4v) is 1.71. The van der Waals surface area contributed by atoms with E-state index in [4.69, 9.17) is 0 Å². The van der Waals surface area contributed by atoms with Gasteiger partial charge in [0.05, 0.1) is 0 Å². The first-order chi connectivity index (χ1) is 8.13. The van der Waals surface area contributed by atoms with Crippen molar-refractivity contribution in [3.05, 3.63) is 42.0 Å². The number of carbonyl (C=O) groups excluding carboxylic acids is 1. The summed E-state index contributed by atoms with van der Waals surface area (Å²) in [5.41, 5.74) is 3.06. The zero-order valence-corrected chi connectivity index (χ0v) is 9.84. The van der Waals surface area contributed by atoms with E-state index in [1.807, 2.05) is 26.0 Å². The zero-order valence-electron chi connectivity index (χ0n) is 9.84. The van der Waals surface area contributed by atoms with Crippen molar-refractivity contribution in [2.24, 2.45) is 0 Å². The maximum atomic E-state index is 11.7. The molecule has 0 fully saturated rings. The molecule has 0 bridgehead atoms. The molecule has 1 amide bonds. The van der Waals surface area contributed by atoms with Gasteiger partial charge in [-0.25, -0.2) is 9.67 Å². The summed E-state index contributed by atoms with van der Waals surface area (Å²) in [5.74, 6) is -0.111. The van der Waals surface area contributed by atoms with E-state index in [9.17, 15) is 4.79 Å². The third-order valence-electron chi connectivity index (χ3n) is 2.28. The Morgan fingerprint density at radius 1 is 1.29 bits per heavy atom. The second-order valence-electron chi connectivity index (χ2n) is 4.02. The molecule has 5 heteroatoms. The predicted molar refractivity (Wildman–Crippen MR) is 64.6 cm³/mol. The molecule has 0 saturated carbocycles. The lowest BCUT2D eigenvalue weighted by molar-refractivity contribution is -0.116. The lowest BCUT2D eigenvalue weighted by Gasteiger charge is -2.07. The molecule has 0 atom stereocenters. The first kappa shape index (κ1) is 11.3. The lowest BCUT2D eigenvalue weighted by Crippen LogP contribution is -2.19.